The number of nitrogens with one attached hydrogen (secondary N) is 1. The first-order valence-corrected chi connectivity index (χ1v) is 9.36. The van der Waals surface area contributed by atoms with Gasteiger partial charge in [-0.15, -0.1) is 11.3 Å². The van der Waals surface area contributed by atoms with Gasteiger partial charge in [0.1, 0.15) is 0 Å². The van der Waals surface area contributed by atoms with Crippen LogP contribution >= 0.6 is 11.3 Å². The molecule has 5 aromatic rings. The number of nitrogens with zero attached hydrogens (tertiary/aromatic N) is 4. The summed E-state index contributed by atoms with van der Waals surface area (Å²) in [5.74, 6) is 0. The van der Waals surface area contributed by atoms with Crippen LogP contribution in [0.5, 0.6) is 0 Å². The van der Waals surface area contributed by atoms with E-state index >= 15 is 0 Å². The number of imidazole rings is 1. The molecular weight excluding hydrogens is 358 g/mol. The van der Waals surface area contributed by atoms with Crippen molar-refractivity contribution in [1.82, 2.24) is 24.5 Å². The lowest BCUT2D eigenvalue weighted by Crippen LogP contribution is -2.14. The molecule has 1 N–H and O–H groups in total. The van der Waals surface area contributed by atoms with Crippen LogP contribution < -0.4 is 5.69 Å². The van der Waals surface area contributed by atoms with E-state index in [0.717, 1.165) is 38.3 Å². The third-order valence-corrected chi connectivity index (χ3v) is 5.29. The van der Waals surface area contributed by atoms with E-state index in [0.29, 0.717) is 11.3 Å². The number of hydrogen-bond acceptors (Lipinski definition) is 5. The van der Waals surface area contributed by atoms with Crippen LogP contribution in [0.4, 0.5) is 0 Å². The summed E-state index contributed by atoms with van der Waals surface area (Å²) in [4.78, 5) is 28.9. The van der Waals surface area contributed by atoms with Gasteiger partial charge in [-0.25, -0.2) is 24.3 Å². The van der Waals surface area contributed by atoms with Crippen LogP contribution in [0.3, 0.4) is 0 Å². The lowest BCUT2D eigenvalue weighted by atomic mass is 10.1. The highest BCUT2D eigenvalue weighted by Crippen LogP contribution is 2.24. The van der Waals surface area contributed by atoms with Gasteiger partial charge in [-0.05, 0) is 44.2 Å². The lowest BCUT2D eigenvalue weighted by molar-refractivity contribution is 1.00. The molecule has 0 amide bonds. The van der Waals surface area contributed by atoms with E-state index in [4.69, 9.17) is 4.98 Å². The van der Waals surface area contributed by atoms with Crippen molar-refractivity contribution in [2.75, 3.05) is 0 Å². The van der Waals surface area contributed by atoms with Crippen molar-refractivity contribution in [2.45, 2.75) is 13.8 Å². The lowest BCUT2D eigenvalue weighted by Gasteiger charge is -2.06. The average molecular weight is 373 g/mol. The Bertz CT molecular complexity index is 1360. The molecule has 27 heavy (non-hydrogen) atoms. The van der Waals surface area contributed by atoms with Gasteiger partial charge in [-0.3, -0.25) is 4.98 Å². The molecule has 0 aliphatic heterocycles. The molecular formula is C20H15N5OS. The van der Waals surface area contributed by atoms with Crippen LogP contribution in [-0.2, 0) is 0 Å². The molecule has 7 heteroatoms. The van der Waals surface area contributed by atoms with Gasteiger partial charge in [0.15, 0.2) is 11.3 Å². The van der Waals surface area contributed by atoms with Crippen molar-refractivity contribution in [2.24, 2.45) is 0 Å². The van der Waals surface area contributed by atoms with Crippen molar-refractivity contribution < 1.29 is 0 Å². The van der Waals surface area contributed by atoms with Crippen LogP contribution in [0.1, 0.15) is 11.1 Å². The van der Waals surface area contributed by atoms with Gasteiger partial charge < -0.3 is 0 Å². The minimum Gasteiger partial charge on any atom is -0.288 e. The van der Waals surface area contributed by atoms with E-state index < -0.39 is 0 Å². The molecule has 6 nitrogen and oxygen atoms in total. The Morgan fingerprint density at radius 1 is 1.04 bits per heavy atom. The molecule has 3 aromatic heterocycles. The van der Waals surface area contributed by atoms with E-state index in [-0.39, 0.29) is 5.69 Å². The summed E-state index contributed by atoms with van der Waals surface area (Å²) < 4.78 is 2.63. The molecule has 2 aromatic carbocycles. The zero-order valence-corrected chi connectivity index (χ0v) is 15.5. The Balaban J connectivity index is 1.75. The van der Waals surface area contributed by atoms with Crippen molar-refractivity contribution in [1.29, 1.82) is 0 Å². The Labute approximate surface area is 158 Å². The molecule has 5 rings (SSSR count). The summed E-state index contributed by atoms with van der Waals surface area (Å²) in [6.45, 7) is 4.11. The van der Waals surface area contributed by atoms with Gasteiger partial charge in [0, 0.05) is 5.56 Å². The van der Waals surface area contributed by atoms with E-state index in [1.54, 1.807) is 27.6 Å². The third kappa shape index (κ3) is 2.63. The highest BCUT2D eigenvalue weighted by molar-refractivity contribution is 7.16. The second-order valence-corrected chi connectivity index (χ2v) is 7.46. The van der Waals surface area contributed by atoms with Crippen LogP contribution in [-0.4, -0.2) is 24.5 Å². The normalized spacial score (nSPS) is 11.5. The largest absolute Gasteiger partial charge is 0.333 e. The first-order valence-electron chi connectivity index (χ1n) is 8.48. The van der Waals surface area contributed by atoms with E-state index in [1.165, 1.54) is 0 Å². The Morgan fingerprint density at radius 3 is 2.67 bits per heavy atom. The molecule has 0 atom stereocenters. The van der Waals surface area contributed by atoms with Crippen molar-refractivity contribution in [3.05, 3.63) is 69.7 Å². The van der Waals surface area contributed by atoms with Crippen molar-refractivity contribution in [3.8, 4) is 16.9 Å². The maximum absolute atomic E-state index is 12.6. The van der Waals surface area contributed by atoms with Gasteiger partial charge in [0.05, 0.1) is 33.3 Å². The van der Waals surface area contributed by atoms with E-state index in [1.807, 2.05) is 18.2 Å². The molecule has 0 radical (unpaired) electrons. The van der Waals surface area contributed by atoms with Gasteiger partial charge in [-0.2, -0.15) is 0 Å². The standard InChI is InChI=1S/C20H15N5OS/c1-11-5-12(2)7-13(6-11)16-9-21-18-19(23-16)25(20(26)24-18)14-3-4-17-15(8-14)22-10-27-17/h3-10H,1-2H3,(H,21,24,26). The molecule has 0 aliphatic carbocycles. The smallest absolute Gasteiger partial charge is 0.288 e. The Kier molecular flexibility index (Phi) is 3.45. The van der Waals surface area contributed by atoms with E-state index in [2.05, 4.69) is 47.0 Å². The number of fused-ring (bicyclic) bond motifs is 2. The number of aryl methyl sites for hydroxylation is 2. The molecule has 0 bridgehead atoms. The maximum Gasteiger partial charge on any atom is 0.333 e. The number of rotatable bonds is 2. The maximum atomic E-state index is 12.6. The number of aromatic nitrogens is 5. The van der Waals surface area contributed by atoms with Crippen LogP contribution in [0.2, 0.25) is 0 Å². The third-order valence-electron chi connectivity index (χ3n) is 4.48. The zero-order valence-electron chi connectivity index (χ0n) is 14.7. The molecule has 0 fully saturated rings. The van der Waals surface area contributed by atoms with Crippen molar-refractivity contribution in [3.63, 3.8) is 0 Å². The van der Waals surface area contributed by atoms with Gasteiger partial charge >= 0.3 is 5.69 Å². The van der Waals surface area contributed by atoms with Gasteiger partial charge in [0.2, 0.25) is 0 Å². The predicted octanol–water partition coefficient (Wildman–Crippen LogP) is 4.00. The van der Waals surface area contributed by atoms with E-state index in [9.17, 15) is 4.79 Å². The fraction of sp³-hybridized carbons (Fsp3) is 0.100. The van der Waals surface area contributed by atoms with Crippen molar-refractivity contribution >= 4 is 32.8 Å². The fourth-order valence-corrected chi connectivity index (χ4v) is 4.02. The summed E-state index contributed by atoms with van der Waals surface area (Å²) in [6, 6.07) is 12.0. The monoisotopic (exact) mass is 373 g/mol. The molecule has 3 heterocycles. The molecule has 0 unspecified atom stereocenters. The summed E-state index contributed by atoms with van der Waals surface area (Å²) >= 11 is 1.57. The highest BCUT2D eigenvalue weighted by Gasteiger charge is 2.14. The minimum absolute atomic E-state index is 0.267. The Morgan fingerprint density at radius 2 is 1.85 bits per heavy atom. The van der Waals surface area contributed by atoms with Crippen LogP contribution in [0, 0.1) is 13.8 Å². The predicted molar refractivity (Wildman–Crippen MR) is 108 cm³/mol. The number of hydrogen-bond donors (Lipinski definition) is 1. The molecule has 0 saturated carbocycles. The van der Waals surface area contributed by atoms with Gasteiger partial charge in [0.25, 0.3) is 0 Å². The summed E-state index contributed by atoms with van der Waals surface area (Å²) in [5.41, 5.74) is 8.11. The number of thiazole rings is 1. The Hall–Kier alpha value is -3.32. The number of H-pyrrole nitrogens is 1. The highest BCUT2D eigenvalue weighted by atomic mass is 32.1. The second-order valence-electron chi connectivity index (χ2n) is 6.57. The molecule has 132 valence electrons. The fourth-order valence-electron chi connectivity index (χ4n) is 3.36. The molecule has 0 aliphatic rings. The van der Waals surface area contributed by atoms with Crippen LogP contribution in [0.25, 0.3) is 38.5 Å². The topological polar surface area (TPSA) is 76.5 Å². The molecule has 0 spiro atoms. The summed E-state index contributed by atoms with van der Waals surface area (Å²) in [6.07, 6.45) is 1.69. The minimum atomic E-state index is -0.267. The first kappa shape index (κ1) is 15.9. The second kappa shape index (κ2) is 5.85. The molecule has 0 saturated heterocycles. The zero-order chi connectivity index (χ0) is 18.5. The first-order chi connectivity index (χ1) is 13.1. The SMILES string of the molecule is Cc1cc(C)cc(-c2cnc3[nH]c(=O)n(-c4ccc5scnc5c4)c3n2)c1. The average Bonchev–Trinajstić information content (AvgIpc) is 3.22. The summed E-state index contributed by atoms with van der Waals surface area (Å²) in [5, 5.41) is 0. The number of aromatic amines is 1. The van der Waals surface area contributed by atoms with Crippen LogP contribution in [0.15, 0.2) is 52.9 Å². The number of benzene rings is 2. The van der Waals surface area contributed by atoms with Gasteiger partial charge in [-0.1, -0.05) is 17.2 Å². The summed E-state index contributed by atoms with van der Waals surface area (Å²) in [7, 11) is 0. The quantitative estimate of drug-likeness (QED) is 0.507.